The van der Waals surface area contributed by atoms with Gasteiger partial charge in [0.05, 0.1) is 6.10 Å². The maximum Gasteiger partial charge on any atom is 0.258 e. The van der Waals surface area contributed by atoms with E-state index >= 15 is 0 Å². The van der Waals surface area contributed by atoms with Crippen LogP contribution in [0.2, 0.25) is 0 Å². The van der Waals surface area contributed by atoms with Crippen LogP contribution in [0.5, 0.6) is 5.75 Å². The quantitative estimate of drug-likeness (QED) is 0.846. The Labute approximate surface area is 148 Å². The molecule has 2 aromatic rings. The van der Waals surface area contributed by atoms with Crippen molar-refractivity contribution in [3.05, 3.63) is 59.2 Å². The maximum absolute atomic E-state index is 11.9. The van der Waals surface area contributed by atoms with E-state index in [9.17, 15) is 9.90 Å². The van der Waals surface area contributed by atoms with Gasteiger partial charge in [0.15, 0.2) is 6.61 Å². The van der Waals surface area contributed by atoms with Crippen molar-refractivity contribution in [1.82, 2.24) is 5.32 Å². The average Bonchev–Trinajstić information content (AvgIpc) is 2.99. The van der Waals surface area contributed by atoms with Gasteiger partial charge in [-0.15, -0.1) is 0 Å². The fourth-order valence-electron chi connectivity index (χ4n) is 2.96. The Balaban J connectivity index is 1.47. The molecule has 5 nitrogen and oxygen atoms in total. The number of hydrogen-bond donors (Lipinski definition) is 2. The Morgan fingerprint density at radius 3 is 2.80 bits per heavy atom. The first-order valence-corrected chi connectivity index (χ1v) is 8.51. The van der Waals surface area contributed by atoms with Gasteiger partial charge < -0.3 is 20.1 Å². The van der Waals surface area contributed by atoms with Crippen LogP contribution in [0.3, 0.4) is 0 Å². The molecule has 25 heavy (non-hydrogen) atoms. The predicted octanol–water partition coefficient (Wildman–Crippen LogP) is 2.22. The highest BCUT2D eigenvalue weighted by Gasteiger charge is 2.18. The van der Waals surface area contributed by atoms with Gasteiger partial charge in [0.25, 0.3) is 5.91 Å². The Bertz CT molecular complexity index is 743. The topological polar surface area (TPSA) is 61.8 Å². The molecule has 5 heteroatoms. The maximum atomic E-state index is 11.9. The van der Waals surface area contributed by atoms with Gasteiger partial charge in [-0.1, -0.05) is 29.8 Å². The third-order valence-electron chi connectivity index (χ3n) is 4.50. The number of aryl methyl sites for hydroxylation is 1. The summed E-state index contributed by atoms with van der Waals surface area (Å²) in [5.41, 5.74) is 4.42. The number of fused-ring (bicyclic) bond motifs is 1. The Morgan fingerprint density at radius 2 is 2.04 bits per heavy atom. The standard InChI is InChI=1S/C20H24N2O3/c1-14-3-6-17(7-4-14)25-13-20(24)21-12-19(23)16-5-8-18-15(11-16)9-10-22(18)2/h3-8,11,19,23H,9-10,12-13H2,1-2H3,(H,21,24)/t19-/m0/s1. The summed E-state index contributed by atoms with van der Waals surface area (Å²) in [5.74, 6) is 0.407. The van der Waals surface area contributed by atoms with Crippen molar-refractivity contribution in [3.8, 4) is 5.75 Å². The monoisotopic (exact) mass is 340 g/mol. The number of anilines is 1. The second-order valence-electron chi connectivity index (χ2n) is 6.48. The zero-order chi connectivity index (χ0) is 17.8. The number of rotatable bonds is 6. The molecule has 0 aromatic heterocycles. The van der Waals surface area contributed by atoms with Gasteiger partial charge in [0.1, 0.15) is 5.75 Å². The van der Waals surface area contributed by atoms with Crippen LogP contribution >= 0.6 is 0 Å². The molecule has 2 aromatic carbocycles. The van der Waals surface area contributed by atoms with Crippen molar-refractivity contribution < 1.29 is 14.6 Å². The molecule has 1 atom stereocenters. The number of benzene rings is 2. The third-order valence-corrected chi connectivity index (χ3v) is 4.50. The molecule has 3 rings (SSSR count). The zero-order valence-electron chi connectivity index (χ0n) is 14.7. The highest BCUT2D eigenvalue weighted by Crippen LogP contribution is 2.29. The van der Waals surface area contributed by atoms with Crippen LogP contribution in [0.4, 0.5) is 5.69 Å². The summed E-state index contributed by atoms with van der Waals surface area (Å²) in [6, 6.07) is 13.5. The van der Waals surface area contributed by atoms with Crippen molar-refractivity contribution in [2.75, 3.05) is 31.6 Å². The third kappa shape index (κ3) is 4.31. The molecule has 0 bridgehead atoms. The van der Waals surface area contributed by atoms with Crippen LogP contribution in [0.15, 0.2) is 42.5 Å². The summed E-state index contributed by atoms with van der Waals surface area (Å²) in [5, 5.41) is 13.0. The molecule has 0 saturated heterocycles. The molecule has 1 heterocycles. The van der Waals surface area contributed by atoms with E-state index in [1.54, 1.807) is 0 Å². The van der Waals surface area contributed by atoms with Crippen LogP contribution in [0.1, 0.15) is 22.8 Å². The number of aliphatic hydroxyl groups excluding tert-OH is 1. The molecule has 2 N–H and O–H groups in total. The van der Waals surface area contributed by atoms with Crippen LogP contribution in [0.25, 0.3) is 0 Å². The fourth-order valence-corrected chi connectivity index (χ4v) is 2.96. The van der Waals surface area contributed by atoms with E-state index in [4.69, 9.17) is 4.74 Å². The molecule has 0 unspecified atom stereocenters. The van der Waals surface area contributed by atoms with E-state index in [1.807, 2.05) is 49.4 Å². The van der Waals surface area contributed by atoms with E-state index in [0.29, 0.717) is 5.75 Å². The molecule has 0 fully saturated rings. The normalized spacial score (nSPS) is 14.1. The minimum absolute atomic E-state index is 0.0647. The Kier molecular flexibility index (Phi) is 5.24. The lowest BCUT2D eigenvalue weighted by Crippen LogP contribution is -2.32. The average molecular weight is 340 g/mol. The molecular weight excluding hydrogens is 316 g/mol. The first-order valence-electron chi connectivity index (χ1n) is 8.51. The summed E-state index contributed by atoms with van der Waals surface area (Å²) in [4.78, 5) is 14.1. The van der Waals surface area contributed by atoms with Gasteiger partial charge in [0.2, 0.25) is 0 Å². The number of nitrogens with one attached hydrogen (secondary N) is 1. The lowest BCUT2D eigenvalue weighted by molar-refractivity contribution is -0.123. The first kappa shape index (κ1) is 17.3. The van der Waals surface area contributed by atoms with Gasteiger partial charge in [-0.3, -0.25) is 4.79 Å². The Morgan fingerprint density at radius 1 is 1.28 bits per heavy atom. The van der Waals surface area contributed by atoms with Gasteiger partial charge in [0, 0.05) is 25.8 Å². The molecule has 1 aliphatic rings. The van der Waals surface area contributed by atoms with Gasteiger partial charge >= 0.3 is 0 Å². The summed E-state index contributed by atoms with van der Waals surface area (Å²) in [7, 11) is 2.07. The summed E-state index contributed by atoms with van der Waals surface area (Å²) in [6.45, 7) is 3.10. The molecule has 0 saturated carbocycles. The number of likely N-dealkylation sites (N-methyl/N-ethyl adjacent to an activating group) is 1. The molecule has 132 valence electrons. The fraction of sp³-hybridized carbons (Fsp3) is 0.350. The van der Waals surface area contributed by atoms with E-state index in [0.717, 1.165) is 24.1 Å². The minimum atomic E-state index is -0.723. The molecule has 1 aliphatic heterocycles. The highest BCUT2D eigenvalue weighted by atomic mass is 16.5. The number of hydrogen-bond acceptors (Lipinski definition) is 4. The predicted molar refractivity (Wildman–Crippen MR) is 98.1 cm³/mol. The van der Waals surface area contributed by atoms with Crippen molar-refractivity contribution in [1.29, 1.82) is 0 Å². The summed E-state index contributed by atoms with van der Waals surface area (Å²) < 4.78 is 5.43. The molecule has 0 radical (unpaired) electrons. The number of carbonyl (C=O) groups excluding carboxylic acids is 1. The van der Waals surface area contributed by atoms with E-state index in [-0.39, 0.29) is 19.1 Å². The highest BCUT2D eigenvalue weighted by molar-refractivity contribution is 5.77. The van der Waals surface area contributed by atoms with Gasteiger partial charge in [-0.25, -0.2) is 0 Å². The summed E-state index contributed by atoms with van der Waals surface area (Å²) in [6.07, 6.45) is 0.267. The van der Waals surface area contributed by atoms with Gasteiger partial charge in [-0.2, -0.15) is 0 Å². The number of carbonyl (C=O) groups is 1. The van der Waals surface area contributed by atoms with Crippen molar-refractivity contribution in [3.63, 3.8) is 0 Å². The molecule has 0 aliphatic carbocycles. The van der Waals surface area contributed by atoms with E-state index in [1.165, 1.54) is 11.3 Å². The zero-order valence-corrected chi connectivity index (χ0v) is 14.7. The van der Waals surface area contributed by atoms with Crippen LogP contribution in [-0.2, 0) is 11.2 Å². The molecular formula is C20H24N2O3. The lowest BCUT2D eigenvalue weighted by atomic mass is 10.0. The van der Waals surface area contributed by atoms with Crippen LogP contribution < -0.4 is 15.0 Å². The van der Waals surface area contributed by atoms with E-state index < -0.39 is 6.10 Å². The Hall–Kier alpha value is -2.53. The van der Waals surface area contributed by atoms with Crippen molar-refractivity contribution in [2.24, 2.45) is 0 Å². The number of aliphatic hydroxyl groups is 1. The lowest BCUT2D eigenvalue weighted by Gasteiger charge is -2.15. The second-order valence-corrected chi connectivity index (χ2v) is 6.48. The van der Waals surface area contributed by atoms with Crippen molar-refractivity contribution >= 4 is 11.6 Å². The largest absolute Gasteiger partial charge is 0.484 e. The summed E-state index contributed by atoms with van der Waals surface area (Å²) >= 11 is 0. The van der Waals surface area contributed by atoms with Gasteiger partial charge in [-0.05, 0) is 42.7 Å². The smallest absolute Gasteiger partial charge is 0.258 e. The van der Waals surface area contributed by atoms with Crippen molar-refractivity contribution in [2.45, 2.75) is 19.4 Å². The van der Waals surface area contributed by atoms with E-state index in [2.05, 4.69) is 17.3 Å². The SMILES string of the molecule is Cc1ccc(OCC(=O)NC[C@H](O)c2ccc3c(c2)CCN3C)cc1. The molecule has 1 amide bonds. The second kappa shape index (κ2) is 7.57. The number of nitrogens with zero attached hydrogens (tertiary/aromatic N) is 1. The number of ether oxygens (including phenoxy) is 1. The first-order chi connectivity index (χ1) is 12.0. The minimum Gasteiger partial charge on any atom is -0.484 e. The van der Waals surface area contributed by atoms with Crippen LogP contribution in [0, 0.1) is 6.92 Å². The van der Waals surface area contributed by atoms with Crippen LogP contribution in [-0.4, -0.2) is 37.8 Å². The number of amides is 1. The molecule has 0 spiro atoms.